The molecule has 1 aliphatic carbocycles. The summed E-state index contributed by atoms with van der Waals surface area (Å²) in [6.07, 6.45) is 5.54. The van der Waals surface area contributed by atoms with Gasteiger partial charge in [-0.15, -0.1) is 0 Å². The molecule has 1 saturated carbocycles. The molecule has 5 nitrogen and oxygen atoms in total. The lowest BCUT2D eigenvalue weighted by atomic mass is 9.81. The van der Waals surface area contributed by atoms with E-state index in [1.165, 1.54) is 0 Å². The standard InChI is InChI=1S/C14H15N3O2/c1-9-6-10(7-9)16-13-2-3-14(17(18)19)12-8-15-5-4-11(12)13/h2-5,8-10,16H,6-7H2,1H3. The second-order valence-corrected chi connectivity index (χ2v) is 5.23. The van der Waals surface area contributed by atoms with Gasteiger partial charge in [-0.3, -0.25) is 15.1 Å². The van der Waals surface area contributed by atoms with Gasteiger partial charge >= 0.3 is 0 Å². The van der Waals surface area contributed by atoms with E-state index in [4.69, 9.17) is 0 Å². The van der Waals surface area contributed by atoms with E-state index in [-0.39, 0.29) is 10.6 Å². The summed E-state index contributed by atoms with van der Waals surface area (Å²) < 4.78 is 0. The number of rotatable bonds is 3. The smallest absolute Gasteiger partial charge is 0.278 e. The molecule has 1 heterocycles. The number of hydrogen-bond donors (Lipinski definition) is 1. The van der Waals surface area contributed by atoms with E-state index in [0.29, 0.717) is 11.4 Å². The van der Waals surface area contributed by atoms with Crippen molar-refractivity contribution in [3.63, 3.8) is 0 Å². The highest BCUT2D eigenvalue weighted by Gasteiger charge is 2.26. The Morgan fingerprint density at radius 3 is 2.79 bits per heavy atom. The van der Waals surface area contributed by atoms with Crippen LogP contribution in [-0.2, 0) is 0 Å². The van der Waals surface area contributed by atoms with E-state index in [1.807, 2.05) is 6.07 Å². The third-order valence-corrected chi connectivity index (χ3v) is 3.73. The van der Waals surface area contributed by atoms with Crippen molar-refractivity contribution in [1.82, 2.24) is 4.98 Å². The van der Waals surface area contributed by atoms with Gasteiger partial charge in [-0.2, -0.15) is 0 Å². The molecule has 0 unspecified atom stereocenters. The van der Waals surface area contributed by atoms with Crippen molar-refractivity contribution in [2.45, 2.75) is 25.8 Å². The zero-order chi connectivity index (χ0) is 13.4. The van der Waals surface area contributed by atoms with E-state index in [9.17, 15) is 10.1 Å². The molecule has 1 aromatic carbocycles. The molecule has 0 radical (unpaired) electrons. The van der Waals surface area contributed by atoms with Crippen molar-refractivity contribution >= 4 is 22.1 Å². The molecule has 0 amide bonds. The largest absolute Gasteiger partial charge is 0.382 e. The Labute approximate surface area is 110 Å². The van der Waals surface area contributed by atoms with Gasteiger partial charge < -0.3 is 5.32 Å². The minimum absolute atomic E-state index is 0.107. The van der Waals surface area contributed by atoms with Crippen LogP contribution in [0.1, 0.15) is 19.8 Å². The Morgan fingerprint density at radius 2 is 2.11 bits per heavy atom. The molecule has 1 aliphatic rings. The van der Waals surface area contributed by atoms with Gasteiger partial charge in [-0.1, -0.05) is 6.92 Å². The first-order valence-electron chi connectivity index (χ1n) is 6.43. The van der Waals surface area contributed by atoms with Crippen LogP contribution in [0.4, 0.5) is 11.4 Å². The van der Waals surface area contributed by atoms with Crippen molar-refractivity contribution in [3.8, 4) is 0 Å². The van der Waals surface area contributed by atoms with Gasteiger partial charge in [0.25, 0.3) is 5.69 Å². The van der Waals surface area contributed by atoms with Crippen molar-refractivity contribution in [1.29, 1.82) is 0 Å². The van der Waals surface area contributed by atoms with Crippen LogP contribution < -0.4 is 5.32 Å². The summed E-state index contributed by atoms with van der Waals surface area (Å²) >= 11 is 0. The average Bonchev–Trinajstić information content (AvgIpc) is 2.36. The number of nitro benzene ring substituents is 1. The number of nitrogens with one attached hydrogen (secondary N) is 1. The number of benzene rings is 1. The Bertz CT molecular complexity index is 636. The molecule has 2 aromatic rings. The Hall–Kier alpha value is -2.17. The highest BCUT2D eigenvalue weighted by Crippen LogP contribution is 2.34. The summed E-state index contributed by atoms with van der Waals surface area (Å²) in [4.78, 5) is 14.6. The molecule has 19 heavy (non-hydrogen) atoms. The van der Waals surface area contributed by atoms with Crippen LogP contribution in [0, 0.1) is 16.0 Å². The number of nitro groups is 1. The summed E-state index contributed by atoms with van der Waals surface area (Å²) in [6.45, 7) is 2.23. The number of anilines is 1. The zero-order valence-corrected chi connectivity index (χ0v) is 10.7. The summed E-state index contributed by atoms with van der Waals surface area (Å²) in [6, 6.07) is 5.65. The molecule has 3 rings (SSSR count). The van der Waals surface area contributed by atoms with Crippen molar-refractivity contribution < 1.29 is 4.92 Å². The lowest BCUT2D eigenvalue weighted by Gasteiger charge is -2.34. The molecule has 1 N–H and O–H groups in total. The summed E-state index contributed by atoms with van der Waals surface area (Å²) in [5, 5.41) is 15.9. The van der Waals surface area contributed by atoms with Crippen molar-refractivity contribution in [3.05, 3.63) is 40.7 Å². The van der Waals surface area contributed by atoms with Crippen LogP contribution in [0.5, 0.6) is 0 Å². The first-order chi connectivity index (χ1) is 9.15. The minimum atomic E-state index is -0.362. The number of nitrogens with zero attached hydrogens (tertiary/aromatic N) is 2. The van der Waals surface area contributed by atoms with Gasteiger partial charge in [-0.05, 0) is 30.9 Å². The third kappa shape index (κ3) is 2.12. The quantitative estimate of drug-likeness (QED) is 0.676. The lowest BCUT2D eigenvalue weighted by Crippen LogP contribution is -2.33. The highest BCUT2D eigenvalue weighted by molar-refractivity contribution is 5.99. The topological polar surface area (TPSA) is 68.1 Å². The summed E-state index contributed by atoms with van der Waals surface area (Å²) in [5.41, 5.74) is 1.07. The van der Waals surface area contributed by atoms with Gasteiger partial charge in [-0.25, -0.2) is 0 Å². The number of non-ortho nitro benzene ring substituents is 1. The van der Waals surface area contributed by atoms with E-state index in [0.717, 1.165) is 29.8 Å². The lowest BCUT2D eigenvalue weighted by molar-refractivity contribution is -0.383. The van der Waals surface area contributed by atoms with Crippen molar-refractivity contribution in [2.24, 2.45) is 5.92 Å². The second kappa shape index (κ2) is 4.50. The van der Waals surface area contributed by atoms with E-state index in [1.54, 1.807) is 24.5 Å². The maximum absolute atomic E-state index is 11.0. The summed E-state index contributed by atoms with van der Waals surface area (Å²) in [5.74, 6) is 0.767. The van der Waals surface area contributed by atoms with Crippen LogP contribution in [0.2, 0.25) is 0 Å². The van der Waals surface area contributed by atoms with Crippen molar-refractivity contribution in [2.75, 3.05) is 5.32 Å². The SMILES string of the molecule is CC1CC(Nc2ccc([N+](=O)[O-])c3cnccc23)C1. The predicted octanol–water partition coefficient (Wildman–Crippen LogP) is 3.35. The molecule has 0 bridgehead atoms. The average molecular weight is 257 g/mol. The van der Waals surface area contributed by atoms with Gasteiger partial charge in [0.2, 0.25) is 0 Å². The molecule has 0 spiro atoms. The molecule has 0 atom stereocenters. The second-order valence-electron chi connectivity index (χ2n) is 5.23. The van der Waals surface area contributed by atoms with Crippen LogP contribution in [0.3, 0.4) is 0 Å². The Morgan fingerprint density at radius 1 is 1.32 bits per heavy atom. The fourth-order valence-electron chi connectivity index (χ4n) is 2.70. The molecule has 1 fully saturated rings. The zero-order valence-electron chi connectivity index (χ0n) is 10.7. The molecule has 5 heteroatoms. The number of fused-ring (bicyclic) bond motifs is 1. The first kappa shape index (κ1) is 11.9. The fourth-order valence-corrected chi connectivity index (χ4v) is 2.70. The Kier molecular flexibility index (Phi) is 2.81. The van der Waals surface area contributed by atoms with E-state index < -0.39 is 0 Å². The maximum Gasteiger partial charge on any atom is 0.278 e. The molecule has 0 saturated heterocycles. The molecule has 98 valence electrons. The fraction of sp³-hybridized carbons (Fsp3) is 0.357. The third-order valence-electron chi connectivity index (χ3n) is 3.73. The molecular weight excluding hydrogens is 242 g/mol. The van der Waals surface area contributed by atoms with E-state index in [2.05, 4.69) is 17.2 Å². The minimum Gasteiger partial charge on any atom is -0.382 e. The monoisotopic (exact) mass is 257 g/mol. The van der Waals surface area contributed by atoms with Gasteiger partial charge in [0.05, 0.1) is 10.3 Å². The normalized spacial score (nSPS) is 21.9. The van der Waals surface area contributed by atoms with E-state index >= 15 is 0 Å². The molecule has 1 aromatic heterocycles. The predicted molar refractivity (Wildman–Crippen MR) is 74.2 cm³/mol. The van der Waals surface area contributed by atoms with Gasteiger partial charge in [0.1, 0.15) is 0 Å². The van der Waals surface area contributed by atoms with Crippen LogP contribution in [-0.4, -0.2) is 15.9 Å². The Balaban J connectivity index is 2.01. The van der Waals surface area contributed by atoms with Crippen LogP contribution >= 0.6 is 0 Å². The number of hydrogen-bond acceptors (Lipinski definition) is 4. The van der Waals surface area contributed by atoms with Gasteiger partial charge in [0.15, 0.2) is 0 Å². The first-order valence-corrected chi connectivity index (χ1v) is 6.43. The van der Waals surface area contributed by atoms with Gasteiger partial charge in [0, 0.05) is 35.6 Å². The molecular formula is C14H15N3O2. The summed E-state index contributed by atoms with van der Waals surface area (Å²) in [7, 11) is 0. The number of aromatic nitrogens is 1. The maximum atomic E-state index is 11.0. The molecule has 0 aliphatic heterocycles. The highest BCUT2D eigenvalue weighted by atomic mass is 16.6. The van der Waals surface area contributed by atoms with Crippen LogP contribution in [0.15, 0.2) is 30.6 Å². The number of pyridine rings is 1. The van der Waals surface area contributed by atoms with Crippen LogP contribution in [0.25, 0.3) is 10.8 Å².